The third-order valence-electron chi connectivity index (χ3n) is 1.15. The smallest absolute Gasteiger partial charge is 0.174 e. The van der Waals surface area contributed by atoms with Crippen molar-refractivity contribution in [2.75, 3.05) is 0 Å². The zero-order valence-electron chi connectivity index (χ0n) is 5.30. The van der Waals surface area contributed by atoms with E-state index in [9.17, 15) is 0 Å². The van der Waals surface area contributed by atoms with Crippen LogP contribution in [0.15, 0.2) is 24.3 Å². The van der Waals surface area contributed by atoms with Crippen LogP contribution in [0.2, 0.25) is 5.02 Å². The Hall–Kier alpha value is -0.530. The predicted molar refractivity (Wildman–Crippen MR) is 39.5 cm³/mol. The van der Waals surface area contributed by atoms with Crippen molar-refractivity contribution in [2.24, 2.45) is 0 Å². The molecule has 0 atom stereocenters. The monoisotopic (exact) mass is 153 g/mol. The molecule has 0 aliphatic rings. The van der Waals surface area contributed by atoms with Gasteiger partial charge in [0.25, 0.3) is 0 Å². The van der Waals surface area contributed by atoms with Crippen LogP contribution in [0.3, 0.4) is 0 Å². The van der Waals surface area contributed by atoms with Crippen LogP contribution in [0, 0.1) is 7.11 Å². The van der Waals surface area contributed by atoms with E-state index in [0.29, 0.717) is 11.6 Å². The molecule has 1 aromatic carbocycles. The molecule has 51 valence electrons. The van der Waals surface area contributed by atoms with Gasteiger partial charge in [-0.15, -0.1) is 0 Å². The largest absolute Gasteiger partial charge is 0.360 e. The average molecular weight is 154 g/mol. The highest BCUT2D eigenvalue weighted by Crippen LogP contribution is 2.09. The lowest BCUT2D eigenvalue weighted by atomic mass is 10.2. The summed E-state index contributed by atoms with van der Waals surface area (Å²) in [6.45, 7) is 0.317. The van der Waals surface area contributed by atoms with Crippen molar-refractivity contribution in [2.45, 2.75) is 6.61 Å². The van der Waals surface area contributed by atoms with Gasteiger partial charge >= 0.3 is 0 Å². The fourth-order valence-corrected chi connectivity index (χ4v) is 0.790. The van der Waals surface area contributed by atoms with Crippen molar-refractivity contribution in [1.82, 2.24) is 0 Å². The highest BCUT2D eigenvalue weighted by Gasteiger charge is 1.89. The second-order valence-electron chi connectivity index (χ2n) is 1.92. The van der Waals surface area contributed by atoms with Crippen molar-refractivity contribution < 1.29 is 4.74 Å². The summed E-state index contributed by atoms with van der Waals surface area (Å²) in [7, 11) is 6.46. The molecule has 1 aromatic rings. The van der Waals surface area contributed by atoms with E-state index in [1.165, 1.54) is 0 Å². The highest BCUT2D eigenvalue weighted by atomic mass is 35.5. The number of rotatable bonds is 2. The van der Waals surface area contributed by atoms with Crippen molar-refractivity contribution in [3.05, 3.63) is 42.0 Å². The Kier molecular flexibility index (Phi) is 2.72. The normalized spacial score (nSPS) is 9.80. The van der Waals surface area contributed by atoms with E-state index < -0.39 is 0 Å². The van der Waals surface area contributed by atoms with Gasteiger partial charge in [-0.2, -0.15) is 0 Å². The first kappa shape index (κ1) is 7.58. The van der Waals surface area contributed by atoms with Gasteiger partial charge in [0.1, 0.15) is 0 Å². The average Bonchev–Trinajstić information content (AvgIpc) is 1.95. The molecule has 0 bridgehead atoms. The fraction of sp³-hybridized carbons (Fsp3) is 0.125. The van der Waals surface area contributed by atoms with Crippen molar-refractivity contribution in [1.29, 1.82) is 0 Å². The van der Waals surface area contributed by atoms with E-state index in [-0.39, 0.29) is 0 Å². The summed E-state index contributed by atoms with van der Waals surface area (Å²) in [4.78, 5) is 0. The molecule has 10 heavy (non-hydrogen) atoms. The van der Waals surface area contributed by atoms with E-state index in [1.54, 1.807) is 12.1 Å². The molecular formula is C8H6ClO. The first-order valence-electron chi connectivity index (χ1n) is 2.86. The minimum atomic E-state index is 0.317. The number of hydrogen-bond acceptors (Lipinski definition) is 1. The number of benzene rings is 1. The molecule has 2 heteroatoms. The fourth-order valence-electron chi connectivity index (χ4n) is 0.664. The van der Waals surface area contributed by atoms with Gasteiger partial charge in [-0.3, -0.25) is 0 Å². The zero-order valence-corrected chi connectivity index (χ0v) is 6.06. The lowest BCUT2D eigenvalue weighted by Crippen LogP contribution is -1.83. The molecule has 0 spiro atoms. The summed E-state index contributed by atoms with van der Waals surface area (Å²) in [6.07, 6.45) is 0. The standard InChI is InChI=1S/C8H6ClO/c1-10-6-7-2-4-8(9)5-3-7/h2-5H,6H2. The van der Waals surface area contributed by atoms with Gasteiger partial charge in [-0.05, 0) is 17.7 Å². The maximum absolute atomic E-state index is 6.46. The first-order valence-corrected chi connectivity index (χ1v) is 3.23. The summed E-state index contributed by atoms with van der Waals surface area (Å²) >= 11 is 5.62. The topological polar surface area (TPSA) is 9.23 Å². The van der Waals surface area contributed by atoms with Gasteiger partial charge in [0.05, 0.1) is 6.61 Å². The first-order chi connectivity index (χ1) is 4.83. The van der Waals surface area contributed by atoms with Crippen molar-refractivity contribution >= 4 is 11.6 Å². The van der Waals surface area contributed by atoms with Crippen LogP contribution in [0.5, 0.6) is 0 Å². The van der Waals surface area contributed by atoms with Crippen LogP contribution >= 0.6 is 11.6 Å². The van der Waals surface area contributed by atoms with Crippen LogP contribution in [-0.2, 0) is 11.3 Å². The summed E-state index contributed by atoms with van der Waals surface area (Å²) in [5, 5.41) is 0.703. The van der Waals surface area contributed by atoms with E-state index in [1.807, 2.05) is 12.1 Å². The third-order valence-corrected chi connectivity index (χ3v) is 1.40. The molecule has 0 saturated carbocycles. The van der Waals surface area contributed by atoms with Gasteiger partial charge < -0.3 is 4.74 Å². The van der Waals surface area contributed by atoms with E-state index >= 15 is 0 Å². The Balaban J connectivity index is 2.69. The lowest BCUT2D eigenvalue weighted by Gasteiger charge is -1.96. The number of ether oxygens (including phenoxy) is 1. The molecule has 0 unspecified atom stereocenters. The Morgan fingerprint density at radius 2 is 1.90 bits per heavy atom. The SMILES string of the molecule is [C]OCc1ccc(Cl)cc1. The summed E-state index contributed by atoms with van der Waals surface area (Å²) in [5.74, 6) is 0. The molecule has 1 rings (SSSR count). The number of hydrogen-bond donors (Lipinski definition) is 0. The highest BCUT2D eigenvalue weighted by molar-refractivity contribution is 6.30. The molecule has 0 heterocycles. The predicted octanol–water partition coefficient (Wildman–Crippen LogP) is 2.40. The van der Waals surface area contributed by atoms with Crippen LogP contribution in [0.1, 0.15) is 5.56 Å². The van der Waals surface area contributed by atoms with Crippen LogP contribution in [0.4, 0.5) is 0 Å². The summed E-state index contributed by atoms with van der Waals surface area (Å²) < 4.78 is 4.17. The number of halogens is 1. The minimum absolute atomic E-state index is 0.317. The van der Waals surface area contributed by atoms with Gasteiger partial charge in [-0.25, -0.2) is 0 Å². The second kappa shape index (κ2) is 3.59. The molecule has 0 aromatic heterocycles. The molecule has 0 aliphatic heterocycles. The molecule has 3 radical (unpaired) electrons. The summed E-state index contributed by atoms with van der Waals surface area (Å²) in [5.41, 5.74) is 0.958. The maximum atomic E-state index is 6.46. The Labute approximate surface area is 65.6 Å². The quantitative estimate of drug-likeness (QED) is 0.634. The molecule has 0 N–H and O–H groups in total. The Morgan fingerprint density at radius 3 is 2.40 bits per heavy atom. The van der Waals surface area contributed by atoms with Crippen molar-refractivity contribution in [3.63, 3.8) is 0 Å². The van der Waals surface area contributed by atoms with E-state index in [4.69, 9.17) is 18.7 Å². The zero-order chi connectivity index (χ0) is 7.40. The van der Waals surface area contributed by atoms with Gasteiger partial charge in [0.15, 0.2) is 7.11 Å². The van der Waals surface area contributed by atoms with Gasteiger partial charge in [-0.1, -0.05) is 23.7 Å². The molecule has 0 saturated heterocycles. The van der Waals surface area contributed by atoms with E-state index in [0.717, 1.165) is 5.56 Å². The van der Waals surface area contributed by atoms with Crippen LogP contribution in [0.25, 0.3) is 0 Å². The minimum Gasteiger partial charge on any atom is -0.360 e. The second-order valence-corrected chi connectivity index (χ2v) is 2.35. The molecule has 0 amide bonds. The third kappa shape index (κ3) is 2.01. The Bertz CT molecular complexity index is 193. The maximum Gasteiger partial charge on any atom is 0.174 e. The lowest BCUT2D eigenvalue weighted by molar-refractivity contribution is 0.229. The molecule has 0 aliphatic carbocycles. The van der Waals surface area contributed by atoms with Crippen molar-refractivity contribution in [3.8, 4) is 0 Å². The van der Waals surface area contributed by atoms with Crippen LogP contribution in [-0.4, -0.2) is 0 Å². The van der Waals surface area contributed by atoms with Crippen LogP contribution < -0.4 is 0 Å². The van der Waals surface area contributed by atoms with Gasteiger partial charge in [0, 0.05) is 5.02 Å². The summed E-state index contributed by atoms with van der Waals surface area (Å²) in [6, 6.07) is 7.21. The molecule has 0 fully saturated rings. The molecular weight excluding hydrogens is 148 g/mol. The Morgan fingerprint density at radius 1 is 1.30 bits per heavy atom. The van der Waals surface area contributed by atoms with Gasteiger partial charge in [0.2, 0.25) is 0 Å². The van der Waals surface area contributed by atoms with E-state index in [2.05, 4.69) is 4.74 Å². The molecule has 1 nitrogen and oxygen atoms in total.